The molecule has 0 radical (unpaired) electrons. The Morgan fingerprint density at radius 3 is 2.22 bits per heavy atom. The van der Waals surface area contributed by atoms with E-state index in [2.05, 4.69) is 15.4 Å². The molecule has 0 unspecified atom stereocenters. The van der Waals surface area contributed by atoms with Crippen LogP contribution in [0.2, 0.25) is 0 Å². The van der Waals surface area contributed by atoms with E-state index in [1.54, 1.807) is 57.2 Å². The molecule has 174 valence electrons. The minimum Gasteiger partial charge on any atom is -0.494 e. The number of rotatable bonds is 12. The quantitative estimate of drug-likeness (QED) is 0.416. The second kappa shape index (κ2) is 12.1. The average Bonchev–Trinajstić information content (AvgIpc) is 2.78. The summed E-state index contributed by atoms with van der Waals surface area (Å²) in [6, 6.07) is 11.0. The first-order chi connectivity index (χ1) is 15.3. The van der Waals surface area contributed by atoms with Crippen molar-refractivity contribution in [3.05, 3.63) is 48.0 Å². The van der Waals surface area contributed by atoms with E-state index in [0.717, 1.165) is 0 Å². The number of sulfonamides is 1. The van der Waals surface area contributed by atoms with Crippen molar-refractivity contribution in [3.8, 4) is 11.5 Å². The van der Waals surface area contributed by atoms with Crippen molar-refractivity contribution < 1.29 is 27.5 Å². The van der Waals surface area contributed by atoms with Gasteiger partial charge in [-0.2, -0.15) is 0 Å². The number of ether oxygens (including phenoxy) is 2. The second-order valence-electron chi connectivity index (χ2n) is 6.61. The van der Waals surface area contributed by atoms with E-state index in [9.17, 15) is 18.0 Å². The molecule has 2 aromatic rings. The lowest BCUT2D eigenvalue weighted by molar-refractivity contribution is -0.115. The molecule has 0 aliphatic rings. The maximum atomic E-state index is 12.8. The van der Waals surface area contributed by atoms with E-state index < -0.39 is 10.0 Å². The maximum Gasteiger partial charge on any atom is 0.251 e. The molecule has 0 heterocycles. The van der Waals surface area contributed by atoms with Gasteiger partial charge in [-0.3, -0.25) is 9.59 Å². The Labute approximate surface area is 188 Å². The first kappa shape index (κ1) is 25.2. The Balaban J connectivity index is 1.94. The van der Waals surface area contributed by atoms with E-state index in [0.29, 0.717) is 36.6 Å². The summed E-state index contributed by atoms with van der Waals surface area (Å²) in [6.07, 6.45) is 0.361. The van der Waals surface area contributed by atoms with Crippen LogP contribution in [-0.2, 0) is 14.8 Å². The lowest BCUT2D eigenvalue weighted by atomic mass is 10.2. The molecule has 0 aliphatic heterocycles. The van der Waals surface area contributed by atoms with Gasteiger partial charge in [-0.25, -0.2) is 13.1 Å². The van der Waals surface area contributed by atoms with Crippen LogP contribution in [0.25, 0.3) is 0 Å². The number of carbonyl (C=O) groups is 2. The highest BCUT2D eigenvalue weighted by atomic mass is 32.2. The van der Waals surface area contributed by atoms with Gasteiger partial charge in [-0.05, 0) is 50.2 Å². The summed E-state index contributed by atoms with van der Waals surface area (Å²) in [7, 11) is -3.88. The minimum absolute atomic E-state index is 0.0108. The SMILES string of the molecule is CCOc1ccc(OCC)c(S(=O)(=O)NCCNC(=O)c2ccc(NC(=O)CC)cc2)c1. The molecule has 0 fully saturated rings. The van der Waals surface area contributed by atoms with Crippen LogP contribution in [-0.4, -0.2) is 46.5 Å². The standard InChI is InChI=1S/C22H29N3O6S/c1-4-21(26)25-17-9-7-16(8-10-17)22(27)23-13-14-24-32(28,29)20-15-18(30-5-2)11-12-19(20)31-6-3/h7-12,15,24H,4-6,13-14H2,1-3H3,(H,23,27)(H,25,26). The third-order valence-electron chi connectivity index (χ3n) is 4.27. The maximum absolute atomic E-state index is 12.8. The molecular weight excluding hydrogens is 434 g/mol. The van der Waals surface area contributed by atoms with E-state index in [1.165, 1.54) is 6.07 Å². The van der Waals surface area contributed by atoms with E-state index >= 15 is 0 Å². The molecule has 3 N–H and O–H groups in total. The van der Waals surface area contributed by atoms with Crippen molar-refractivity contribution in [1.82, 2.24) is 10.0 Å². The van der Waals surface area contributed by atoms with Crippen LogP contribution in [0.4, 0.5) is 5.69 Å². The summed E-state index contributed by atoms with van der Waals surface area (Å²) in [5, 5.41) is 5.36. The van der Waals surface area contributed by atoms with Crippen LogP contribution < -0.4 is 24.8 Å². The average molecular weight is 464 g/mol. The van der Waals surface area contributed by atoms with Crippen molar-refractivity contribution in [2.24, 2.45) is 0 Å². The van der Waals surface area contributed by atoms with Gasteiger partial charge in [0.25, 0.3) is 5.91 Å². The fourth-order valence-electron chi connectivity index (χ4n) is 2.73. The smallest absolute Gasteiger partial charge is 0.251 e. The third-order valence-corrected chi connectivity index (χ3v) is 5.75. The van der Waals surface area contributed by atoms with Gasteiger partial charge in [0, 0.05) is 36.8 Å². The summed E-state index contributed by atoms with van der Waals surface area (Å²) in [5.41, 5.74) is 0.992. The Hall–Kier alpha value is -3.11. The fraction of sp³-hybridized carbons (Fsp3) is 0.364. The first-order valence-electron chi connectivity index (χ1n) is 10.4. The zero-order valence-corrected chi connectivity index (χ0v) is 19.3. The molecule has 0 atom stereocenters. The van der Waals surface area contributed by atoms with Crippen LogP contribution in [0.15, 0.2) is 47.4 Å². The Kier molecular flexibility index (Phi) is 9.48. The van der Waals surface area contributed by atoms with Gasteiger partial charge in [0.05, 0.1) is 13.2 Å². The largest absolute Gasteiger partial charge is 0.494 e. The third kappa shape index (κ3) is 7.24. The van der Waals surface area contributed by atoms with Crippen molar-refractivity contribution >= 4 is 27.5 Å². The number of benzene rings is 2. The molecule has 10 heteroatoms. The molecule has 0 spiro atoms. The van der Waals surface area contributed by atoms with Gasteiger partial charge in [0.15, 0.2) is 0 Å². The van der Waals surface area contributed by atoms with Crippen molar-refractivity contribution in [2.45, 2.75) is 32.1 Å². The minimum atomic E-state index is -3.88. The lowest BCUT2D eigenvalue weighted by Crippen LogP contribution is -2.34. The predicted molar refractivity (Wildman–Crippen MR) is 122 cm³/mol. The van der Waals surface area contributed by atoms with Crippen molar-refractivity contribution in [3.63, 3.8) is 0 Å². The molecule has 9 nitrogen and oxygen atoms in total. The lowest BCUT2D eigenvalue weighted by Gasteiger charge is -2.14. The van der Waals surface area contributed by atoms with Gasteiger partial charge in [0.2, 0.25) is 15.9 Å². The van der Waals surface area contributed by atoms with Crippen LogP contribution in [0, 0.1) is 0 Å². The number of hydrogen-bond acceptors (Lipinski definition) is 6. The summed E-state index contributed by atoms with van der Waals surface area (Å²) < 4.78 is 38.8. The summed E-state index contributed by atoms with van der Waals surface area (Å²) in [5.74, 6) is 0.172. The summed E-state index contributed by atoms with van der Waals surface area (Å²) >= 11 is 0. The molecule has 0 saturated heterocycles. The summed E-state index contributed by atoms with van der Waals surface area (Å²) in [6.45, 7) is 6.11. The van der Waals surface area contributed by atoms with E-state index in [-0.39, 0.29) is 35.5 Å². The molecule has 0 saturated carbocycles. The monoisotopic (exact) mass is 463 g/mol. The van der Waals surface area contributed by atoms with Crippen LogP contribution in [0.3, 0.4) is 0 Å². The number of anilines is 1. The molecule has 32 heavy (non-hydrogen) atoms. The highest BCUT2D eigenvalue weighted by Crippen LogP contribution is 2.28. The molecule has 2 amide bonds. The highest BCUT2D eigenvalue weighted by molar-refractivity contribution is 7.89. The fourth-order valence-corrected chi connectivity index (χ4v) is 3.91. The number of carbonyl (C=O) groups excluding carboxylic acids is 2. The topological polar surface area (TPSA) is 123 Å². The number of nitrogens with one attached hydrogen (secondary N) is 3. The van der Waals surface area contributed by atoms with E-state index in [1.807, 2.05) is 0 Å². The van der Waals surface area contributed by atoms with Gasteiger partial charge >= 0.3 is 0 Å². The molecule has 0 aliphatic carbocycles. The normalized spacial score (nSPS) is 11.0. The zero-order chi connectivity index (χ0) is 23.6. The molecule has 0 aromatic heterocycles. The second-order valence-corrected chi connectivity index (χ2v) is 8.34. The van der Waals surface area contributed by atoms with E-state index in [4.69, 9.17) is 9.47 Å². The Bertz CT molecular complexity index is 1020. The zero-order valence-electron chi connectivity index (χ0n) is 18.4. The predicted octanol–water partition coefficient (Wildman–Crippen LogP) is 2.54. The van der Waals surface area contributed by atoms with Crippen LogP contribution in [0.5, 0.6) is 11.5 Å². The summed E-state index contributed by atoms with van der Waals surface area (Å²) in [4.78, 5) is 23.7. The Morgan fingerprint density at radius 2 is 1.59 bits per heavy atom. The van der Waals surface area contributed by atoms with Crippen molar-refractivity contribution in [1.29, 1.82) is 0 Å². The van der Waals surface area contributed by atoms with Gasteiger partial charge in [-0.15, -0.1) is 0 Å². The van der Waals surface area contributed by atoms with Crippen LogP contribution in [0.1, 0.15) is 37.6 Å². The number of hydrogen-bond donors (Lipinski definition) is 3. The number of amides is 2. The molecular formula is C22H29N3O6S. The van der Waals surface area contributed by atoms with Gasteiger partial charge in [-0.1, -0.05) is 6.92 Å². The van der Waals surface area contributed by atoms with Crippen molar-refractivity contribution in [2.75, 3.05) is 31.6 Å². The first-order valence-corrected chi connectivity index (χ1v) is 11.9. The van der Waals surface area contributed by atoms with Gasteiger partial charge < -0.3 is 20.1 Å². The molecule has 2 aromatic carbocycles. The highest BCUT2D eigenvalue weighted by Gasteiger charge is 2.20. The Morgan fingerprint density at radius 1 is 0.906 bits per heavy atom. The molecule has 0 bridgehead atoms. The van der Waals surface area contributed by atoms with Gasteiger partial charge in [0.1, 0.15) is 16.4 Å². The van der Waals surface area contributed by atoms with Crippen LogP contribution >= 0.6 is 0 Å². The molecule has 2 rings (SSSR count).